The van der Waals surface area contributed by atoms with Crippen molar-refractivity contribution in [3.63, 3.8) is 0 Å². The third-order valence-electron chi connectivity index (χ3n) is 2.29. The molecule has 92 valence electrons. The third kappa shape index (κ3) is 3.01. The summed E-state index contributed by atoms with van der Waals surface area (Å²) in [5.74, 6) is 0. The molecule has 1 heterocycles. The number of nitrogens with zero attached hydrogens (tertiary/aromatic N) is 3. The van der Waals surface area contributed by atoms with Gasteiger partial charge < -0.3 is 5.32 Å². The van der Waals surface area contributed by atoms with Crippen LogP contribution in [-0.4, -0.2) is 14.9 Å². The molecule has 2 aromatic rings. The molecule has 6 nitrogen and oxygen atoms in total. The molecule has 1 N–H and O–H groups in total. The minimum absolute atomic E-state index is 0.0775. The fourth-order valence-electron chi connectivity index (χ4n) is 1.44. The van der Waals surface area contributed by atoms with Gasteiger partial charge in [0.25, 0.3) is 5.69 Å². The molecule has 7 heteroatoms. The number of nitrogens with one attached hydrogen (secondary N) is 1. The number of hydrogen-bond donors (Lipinski definition) is 1. The Morgan fingerprint density at radius 3 is 2.72 bits per heavy atom. The fraction of sp³-hybridized carbons (Fsp3) is 0.0909. The van der Waals surface area contributed by atoms with Gasteiger partial charge in [-0.05, 0) is 12.1 Å². The van der Waals surface area contributed by atoms with Crippen LogP contribution in [-0.2, 0) is 6.54 Å². The molecule has 1 aromatic heterocycles. The first kappa shape index (κ1) is 12.4. The predicted octanol–water partition coefficient (Wildman–Crippen LogP) is 2.76. The van der Waals surface area contributed by atoms with Crippen molar-refractivity contribution in [2.45, 2.75) is 6.54 Å². The van der Waals surface area contributed by atoms with E-state index in [1.165, 1.54) is 12.4 Å². The summed E-state index contributed by atoms with van der Waals surface area (Å²) in [4.78, 5) is 18.2. The molecule has 0 aliphatic heterocycles. The van der Waals surface area contributed by atoms with E-state index in [-0.39, 0.29) is 5.69 Å². The predicted molar refractivity (Wildman–Crippen MR) is 70.2 cm³/mol. The third-order valence-corrected chi connectivity index (χ3v) is 2.78. The van der Waals surface area contributed by atoms with Crippen LogP contribution < -0.4 is 5.32 Å². The number of rotatable bonds is 4. The number of nitro groups is 1. The van der Waals surface area contributed by atoms with E-state index in [0.29, 0.717) is 16.6 Å². The molecule has 0 spiro atoms. The van der Waals surface area contributed by atoms with Gasteiger partial charge in [0, 0.05) is 22.6 Å². The van der Waals surface area contributed by atoms with Crippen molar-refractivity contribution >= 4 is 27.3 Å². The molecule has 0 saturated heterocycles. The van der Waals surface area contributed by atoms with Crippen molar-refractivity contribution in [2.24, 2.45) is 0 Å². The number of anilines is 1. The number of benzene rings is 1. The quantitative estimate of drug-likeness (QED) is 0.694. The van der Waals surface area contributed by atoms with Crippen LogP contribution in [0.4, 0.5) is 11.4 Å². The first-order valence-electron chi connectivity index (χ1n) is 5.08. The Labute approximate surface area is 111 Å². The van der Waals surface area contributed by atoms with E-state index in [9.17, 15) is 10.1 Å². The van der Waals surface area contributed by atoms with Crippen molar-refractivity contribution in [3.05, 3.63) is 57.1 Å². The summed E-state index contributed by atoms with van der Waals surface area (Å²) in [5, 5.41) is 13.9. The molecule has 0 aliphatic carbocycles. The van der Waals surface area contributed by atoms with Gasteiger partial charge in [0.1, 0.15) is 6.33 Å². The summed E-state index contributed by atoms with van der Waals surface area (Å²) in [6.07, 6.45) is 4.64. The normalized spacial score (nSPS) is 10.1. The van der Waals surface area contributed by atoms with E-state index in [4.69, 9.17) is 0 Å². The van der Waals surface area contributed by atoms with Crippen LogP contribution in [0.25, 0.3) is 0 Å². The van der Waals surface area contributed by atoms with Gasteiger partial charge >= 0.3 is 0 Å². The molecule has 0 unspecified atom stereocenters. The van der Waals surface area contributed by atoms with E-state index >= 15 is 0 Å². The van der Waals surface area contributed by atoms with Gasteiger partial charge in [-0.1, -0.05) is 15.9 Å². The number of hydrogen-bond acceptors (Lipinski definition) is 5. The molecule has 0 radical (unpaired) electrons. The topological polar surface area (TPSA) is 81.0 Å². The number of aromatic nitrogens is 2. The van der Waals surface area contributed by atoms with Crippen molar-refractivity contribution in [2.75, 3.05) is 5.32 Å². The molecule has 18 heavy (non-hydrogen) atoms. The smallest absolute Gasteiger partial charge is 0.275 e. The zero-order valence-electron chi connectivity index (χ0n) is 9.21. The Kier molecular flexibility index (Phi) is 3.83. The van der Waals surface area contributed by atoms with Crippen LogP contribution in [0.1, 0.15) is 5.56 Å². The molecule has 0 bridgehead atoms. The van der Waals surface area contributed by atoms with Gasteiger partial charge in [0.15, 0.2) is 0 Å². The van der Waals surface area contributed by atoms with E-state index in [1.807, 2.05) is 0 Å². The highest BCUT2D eigenvalue weighted by Gasteiger charge is 2.13. The zero-order valence-corrected chi connectivity index (χ0v) is 10.8. The lowest BCUT2D eigenvalue weighted by atomic mass is 10.2. The first-order chi connectivity index (χ1) is 8.66. The van der Waals surface area contributed by atoms with E-state index in [2.05, 4.69) is 31.2 Å². The largest absolute Gasteiger partial charge is 0.378 e. The maximum Gasteiger partial charge on any atom is 0.275 e. The van der Waals surface area contributed by atoms with Crippen molar-refractivity contribution < 1.29 is 4.92 Å². The summed E-state index contributed by atoms with van der Waals surface area (Å²) in [6, 6.07) is 4.96. The summed E-state index contributed by atoms with van der Waals surface area (Å²) in [7, 11) is 0. The lowest BCUT2D eigenvalue weighted by molar-refractivity contribution is -0.385. The Balaban J connectivity index is 2.17. The van der Waals surface area contributed by atoms with Crippen LogP contribution >= 0.6 is 15.9 Å². The van der Waals surface area contributed by atoms with Gasteiger partial charge in [-0.3, -0.25) is 10.1 Å². The van der Waals surface area contributed by atoms with Gasteiger partial charge in [-0.15, -0.1) is 0 Å². The van der Waals surface area contributed by atoms with Gasteiger partial charge in [-0.2, -0.15) is 0 Å². The van der Waals surface area contributed by atoms with Crippen LogP contribution in [0, 0.1) is 10.1 Å². The Morgan fingerprint density at radius 1 is 1.33 bits per heavy atom. The Bertz CT molecular complexity index is 562. The molecule has 0 fully saturated rings. The Morgan fingerprint density at radius 2 is 2.06 bits per heavy atom. The van der Waals surface area contributed by atoms with E-state index < -0.39 is 4.92 Å². The van der Waals surface area contributed by atoms with Gasteiger partial charge in [0.05, 0.1) is 23.0 Å². The lowest BCUT2D eigenvalue weighted by Crippen LogP contribution is -2.03. The first-order valence-corrected chi connectivity index (χ1v) is 5.88. The van der Waals surface area contributed by atoms with Crippen LogP contribution in [0.2, 0.25) is 0 Å². The average molecular weight is 309 g/mol. The van der Waals surface area contributed by atoms with Crippen LogP contribution in [0.3, 0.4) is 0 Å². The van der Waals surface area contributed by atoms with Crippen molar-refractivity contribution in [1.82, 2.24) is 9.97 Å². The monoisotopic (exact) mass is 308 g/mol. The van der Waals surface area contributed by atoms with Crippen molar-refractivity contribution in [1.29, 1.82) is 0 Å². The SMILES string of the molecule is O=[N+]([O-])c1cc(Br)ccc1CNc1cncnc1. The van der Waals surface area contributed by atoms with E-state index in [0.717, 1.165) is 5.69 Å². The minimum atomic E-state index is -0.400. The highest BCUT2D eigenvalue weighted by Crippen LogP contribution is 2.24. The summed E-state index contributed by atoms with van der Waals surface area (Å²) in [6.45, 7) is 0.344. The molecular formula is C11H9BrN4O2. The summed E-state index contributed by atoms with van der Waals surface area (Å²) in [5.41, 5.74) is 1.40. The van der Waals surface area contributed by atoms with Gasteiger partial charge in [-0.25, -0.2) is 9.97 Å². The average Bonchev–Trinajstić information content (AvgIpc) is 2.38. The lowest BCUT2D eigenvalue weighted by Gasteiger charge is -2.06. The van der Waals surface area contributed by atoms with E-state index in [1.54, 1.807) is 24.5 Å². The maximum absolute atomic E-state index is 10.9. The Hall–Kier alpha value is -2.02. The molecule has 0 atom stereocenters. The van der Waals surface area contributed by atoms with Crippen LogP contribution in [0.15, 0.2) is 41.4 Å². The fourth-order valence-corrected chi connectivity index (χ4v) is 1.79. The standard InChI is InChI=1S/C11H9BrN4O2/c12-9-2-1-8(11(3-9)16(17)18)4-15-10-5-13-7-14-6-10/h1-3,5-7,15H,4H2. The van der Waals surface area contributed by atoms with Crippen LogP contribution in [0.5, 0.6) is 0 Å². The summed E-state index contributed by atoms with van der Waals surface area (Å²) >= 11 is 3.22. The minimum Gasteiger partial charge on any atom is -0.378 e. The highest BCUT2D eigenvalue weighted by molar-refractivity contribution is 9.10. The molecule has 2 rings (SSSR count). The molecule has 1 aromatic carbocycles. The van der Waals surface area contributed by atoms with Crippen molar-refractivity contribution in [3.8, 4) is 0 Å². The molecule has 0 saturated carbocycles. The second-order valence-electron chi connectivity index (χ2n) is 3.51. The number of nitro benzene ring substituents is 1. The second kappa shape index (κ2) is 5.54. The zero-order chi connectivity index (χ0) is 13.0. The second-order valence-corrected chi connectivity index (χ2v) is 4.43. The maximum atomic E-state index is 10.9. The number of halogens is 1. The molecule has 0 aliphatic rings. The summed E-state index contributed by atoms with van der Waals surface area (Å²) < 4.78 is 0.681. The molecule has 0 amide bonds. The van der Waals surface area contributed by atoms with Gasteiger partial charge in [0.2, 0.25) is 0 Å². The highest BCUT2D eigenvalue weighted by atomic mass is 79.9. The molecular weight excluding hydrogens is 300 g/mol.